The first-order chi connectivity index (χ1) is 10.9. The highest BCUT2D eigenvalue weighted by atomic mass is 32.2. The smallest absolute Gasteiger partial charge is 0.225 e. The second-order valence-electron chi connectivity index (χ2n) is 5.28. The van der Waals surface area contributed by atoms with E-state index in [0.717, 1.165) is 0 Å². The van der Waals surface area contributed by atoms with Crippen LogP contribution in [0, 0.1) is 0 Å². The summed E-state index contributed by atoms with van der Waals surface area (Å²) in [6, 6.07) is 0. The minimum absolute atomic E-state index is 0.0594. The number of aliphatic imine (C=N–C) groups is 2. The van der Waals surface area contributed by atoms with Gasteiger partial charge in [-0.25, -0.2) is 13.4 Å². The molecule has 0 radical (unpaired) electrons. The number of rotatable bonds is 4. The molecule has 2 rings (SSSR count). The van der Waals surface area contributed by atoms with Crippen molar-refractivity contribution in [3.63, 3.8) is 0 Å². The Morgan fingerprint density at radius 1 is 1.22 bits per heavy atom. The van der Waals surface area contributed by atoms with Crippen molar-refractivity contribution in [2.75, 3.05) is 32.8 Å². The van der Waals surface area contributed by atoms with Crippen LogP contribution in [0.25, 0.3) is 0 Å². The Labute approximate surface area is 135 Å². The molecule has 1 fully saturated rings. The molecule has 0 bridgehead atoms. The first-order valence-electron chi connectivity index (χ1n) is 7.19. The number of morpholine rings is 1. The van der Waals surface area contributed by atoms with E-state index in [-0.39, 0.29) is 18.5 Å². The van der Waals surface area contributed by atoms with E-state index in [9.17, 15) is 8.42 Å². The van der Waals surface area contributed by atoms with Crippen LogP contribution in [0.5, 0.6) is 0 Å². The third kappa shape index (κ3) is 3.89. The van der Waals surface area contributed by atoms with Gasteiger partial charge in [0.1, 0.15) is 4.75 Å². The first kappa shape index (κ1) is 17.4. The van der Waals surface area contributed by atoms with Gasteiger partial charge >= 0.3 is 0 Å². The highest BCUT2D eigenvalue weighted by molar-refractivity contribution is 7.90. The van der Waals surface area contributed by atoms with Crippen LogP contribution in [0.4, 0.5) is 0 Å². The van der Waals surface area contributed by atoms with Crippen LogP contribution >= 0.6 is 0 Å². The maximum Gasteiger partial charge on any atom is 0.225 e. The molecule has 10 heteroatoms. The minimum atomic E-state index is -3.63. The molecule has 1 saturated heterocycles. The number of allylic oxidation sites excluding steroid dienone is 3. The molecule has 0 aromatic carbocycles. The van der Waals surface area contributed by atoms with Crippen molar-refractivity contribution in [1.29, 1.82) is 0 Å². The molecule has 1 aliphatic carbocycles. The Morgan fingerprint density at radius 3 is 2.48 bits per heavy atom. The molecule has 0 saturated carbocycles. The second-order valence-corrected chi connectivity index (χ2v) is 7.56. The molecule has 1 unspecified atom stereocenters. The SMILES string of the molecule is NC(N)=NC(N)=NCC1(S(=O)(=O)N2CCOCC2)C=CC=CC1. The van der Waals surface area contributed by atoms with Crippen LogP contribution in [0.2, 0.25) is 0 Å². The lowest BCUT2D eigenvalue weighted by atomic mass is 10.00. The lowest BCUT2D eigenvalue weighted by Crippen LogP contribution is -2.53. The van der Waals surface area contributed by atoms with Gasteiger partial charge in [-0.3, -0.25) is 0 Å². The van der Waals surface area contributed by atoms with E-state index in [1.54, 1.807) is 24.3 Å². The molecule has 0 spiro atoms. The van der Waals surface area contributed by atoms with E-state index in [1.807, 2.05) is 0 Å². The van der Waals surface area contributed by atoms with Gasteiger partial charge in [-0.05, 0) is 6.42 Å². The summed E-state index contributed by atoms with van der Waals surface area (Å²) in [7, 11) is -3.63. The van der Waals surface area contributed by atoms with Crippen LogP contribution in [0.1, 0.15) is 6.42 Å². The summed E-state index contributed by atoms with van der Waals surface area (Å²) >= 11 is 0. The summed E-state index contributed by atoms with van der Waals surface area (Å²) in [5.41, 5.74) is 16.1. The Hall–Kier alpha value is -1.91. The maximum absolute atomic E-state index is 13.1. The zero-order chi connectivity index (χ0) is 16.9. The Kier molecular flexibility index (Phi) is 5.39. The largest absolute Gasteiger partial charge is 0.379 e. The van der Waals surface area contributed by atoms with Crippen molar-refractivity contribution in [2.45, 2.75) is 11.2 Å². The van der Waals surface area contributed by atoms with Crippen LogP contribution in [0.15, 0.2) is 34.3 Å². The van der Waals surface area contributed by atoms with Gasteiger partial charge in [0, 0.05) is 13.1 Å². The topological polar surface area (TPSA) is 149 Å². The van der Waals surface area contributed by atoms with Gasteiger partial charge < -0.3 is 21.9 Å². The van der Waals surface area contributed by atoms with Crippen molar-refractivity contribution in [3.8, 4) is 0 Å². The molecule has 1 aliphatic heterocycles. The fraction of sp³-hybridized carbons (Fsp3) is 0.538. The monoisotopic (exact) mass is 342 g/mol. The number of ether oxygens (including phenoxy) is 1. The zero-order valence-corrected chi connectivity index (χ0v) is 13.6. The third-order valence-electron chi connectivity index (χ3n) is 3.69. The molecular weight excluding hydrogens is 320 g/mol. The standard InChI is InChI=1S/C13H22N6O3S/c14-11(15)18-12(16)17-10-13(4-2-1-3-5-13)23(20,21)19-6-8-22-9-7-19/h1-4H,5-10H2,(H6,14,15,16,17,18). The van der Waals surface area contributed by atoms with E-state index in [2.05, 4.69) is 9.98 Å². The fourth-order valence-corrected chi connectivity index (χ4v) is 4.39. The first-order valence-corrected chi connectivity index (χ1v) is 8.63. The van der Waals surface area contributed by atoms with Gasteiger partial charge in [-0.2, -0.15) is 9.30 Å². The summed E-state index contributed by atoms with van der Waals surface area (Å²) in [6.07, 6.45) is 7.25. The summed E-state index contributed by atoms with van der Waals surface area (Å²) in [5.74, 6) is -0.375. The minimum Gasteiger partial charge on any atom is -0.379 e. The van der Waals surface area contributed by atoms with Crippen molar-refractivity contribution >= 4 is 21.9 Å². The number of hydrogen-bond acceptors (Lipinski definition) is 4. The second kappa shape index (κ2) is 7.11. The van der Waals surface area contributed by atoms with Gasteiger partial charge in [0.15, 0.2) is 5.96 Å². The van der Waals surface area contributed by atoms with Crippen LogP contribution in [-0.4, -0.2) is 62.2 Å². The lowest BCUT2D eigenvalue weighted by Gasteiger charge is -2.36. The average molecular weight is 342 g/mol. The molecular formula is C13H22N6O3S. The number of nitrogens with zero attached hydrogens (tertiary/aromatic N) is 3. The number of guanidine groups is 2. The van der Waals surface area contributed by atoms with Gasteiger partial charge in [0.05, 0.1) is 19.8 Å². The van der Waals surface area contributed by atoms with Crippen molar-refractivity contribution in [1.82, 2.24) is 4.31 Å². The predicted octanol–water partition coefficient (Wildman–Crippen LogP) is -1.51. The summed E-state index contributed by atoms with van der Waals surface area (Å²) < 4.78 is 31.6. The van der Waals surface area contributed by atoms with Crippen LogP contribution < -0.4 is 17.2 Å². The molecule has 6 N–H and O–H groups in total. The van der Waals surface area contributed by atoms with Gasteiger partial charge in [0.2, 0.25) is 16.0 Å². The predicted molar refractivity (Wildman–Crippen MR) is 89.2 cm³/mol. The third-order valence-corrected chi connectivity index (χ3v) is 6.19. The number of nitrogens with two attached hydrogens (primary N) is 3. The molecule has 0 aromatic rings. The van der Waals surface area contributed by atoms with Crippen molar-refractivity contribution in [2.24, 2.45) is 27.2 Å². The van der Waals surface area contributed by atoms with Crippen molar-refractivity contribution < 1.29 is 13.2 Å². The average Bonchev–Trinajstić information content (AvgIpc) is 2.54. The van der Waals surface area contributed by atoms with Gasteiger partial charge in [-0.15, -0.1) is 0 Å². The lowest BCUT2D eigenvalue weighted by molar-refractivity contribution is 0.0722. The van der Waals surface area contributed by atoms with Crippen LogP contribution in [0.3, 0.4) is 0 Å². The van der Waals surface area contributed by atoms with E-state index >= 15 is 0 Å². The Morgan fingerprint density at radius 2 is 1.91 bits per heavy atom. The quantitative estimate of drug-likeness (QED) is 0.418. The maximum atomic E-state index is 13.1. The Bertz CT molecular complexity index is 645. The van der Waals surface area contributed by atoms with Gasteiger partial charge in [0.25, 0.3) is 0 Å². The number of hydrogen-bond donors (Lipinski definition) is 3. The summed E-state index contributed by atoms with van der Waals surface area (Å²) in [4.78, 5) is 7.66. The molecule has 1 atom stereocenters. The van der Waals surface area contributed by atoms with E-state index in [4.69, 9.17) is 21.9 Å². The van der Waals surface area contributed by atoms with E-state index in [1.165, 1.54) is 4.31 Å². The summed E-state index contributed by atoms with van der Waals surface area (Å²) in [5, 5.41) is 0. The van der Waals surface area contributed by atoms with Crippen molar-refractivity contribution in [3.05, 3.63) is 24.3 Å². The molecule has 2 aliphatic rings. The fourth-order valence-electron chi connectivity index (χ4n) is 2.46. The zero-order valence-electron chi connectivity index (χ0n) is 12.8. The normalized spacial score (nSPS) is 26.2. The molecule has 23 heavy (non-hydrogen) atoms. The van der Waals surface area contributed by atoms with E-state index in [0.29, 0.717) is 32.7 Å². The van der Waals surface area contributed by atoms with Crippen LogP contribution in [-0.2, 0) is 14.8 Å². The molecule has 128 valence electrons. The molecule has 1 heterocycles. The summed E-state index contributed by atoms with van der Waals surface area (Å²) in [6.45, 7) is 1.36. The molecule has 9 nitrogen and oxygen atoms in total. The molecule has 0 amide bonds. The Balaban J connectivity index is 2.30. The number of sulfonamides is 1. The van der Waals surface area contributed by atoms with E-state index < -0.39 is 14.8 Å². The molecule has 0 aromatic heterocycles. The van der Waals surface area contributed by atoms with Gasteiger partial charge in [-0.1, -0.05) is 24.3 Å². The highest BCUT2D eigenvalue weighted by Crippen LogP contribution is 2.31. The highest BCUT2D eigenvalue weighted by Gasteiger charge is 2.45.